The second-order valence-corrected chi connectivity index (χ2v) is 3.26. The van der Waals surface area contributed by atoms with E-state index in [4.69, 9.17) is 0 Å². The summed E-state index contributed by atoms with van der Waals surface area (Å²) in [6.45, 7) is 1.34. The van der Waals surface area contributed by atoms with Crippen LogP contribution in [0.4, 0.5) is 13.2 Å². The first-order chi connectivity index (χ1) is 7.29. The van der Waals surface area contributed by atoms with E-state index in [0.717, 1.165) is 19.2 Å². The fourth-order valence-corrected chi connectivity index (χ4v) is 1.35. The highest BCUT2D eigenvalue weighted by Gasteiger charge is 2.36. The van der Waals surface area contributed by atoms with Gasteiger partial charge < -0.3 is 14.9 Å². The van der Waals surface area contributed by atoms with Crippen molar-refractivity contribution in [3.8, 4) is 11.5 Å². The van der Waals surface area contributed by atoms with Crippen LogP contribution in [-0.4, -0.2) is 17.3 Å². The highest BCUT2D eigenvalue weighted by Crippen LogP contribution is 2.43. The Bertz CT molecular complexity index is 386. The molecule has 0 saturated heterocycles. The van der Waals surface area contributed by atoms with Gasteiger partial charge in [-0.15, -0.1) is 0 Å². The lowest BCUT2D eigenvalue weighted by Gasteiger charge is -2.16. The van der Waals surface area contributed by atoms with E-state index in [1.807, 2.05) is 0 Å². The number of phenols is 1. The summed E-state index contributed by atoms with van der Waals surface area (Å²) in [4.78, 5) is 0. The number of aliphatic hydroxyl groups is 1. The molecule has 2 N–H and O–H groups in total. The van der Waals surface area contributed by atoms with E-state index in [1.165, 1.54) is 6.92 Å². The molecule has 1 aromatic rings. The van der Waals surface area contributed by atoms with E-state index in [-0.39, 0.29) is 5.56 Å². The molecule has 0 aromatic heterocycles. The topological polar surface area (TPSA) is 49.7 Å². The molecule has 0 bridgehead atoms. The molecule has 1 aromatic carbocycles. The number of alkyl halides is 3. The number of hydrogen-bond acceptors (Lipinski definition) is 3. The predicted molar refractivity (Wildman–Crippen MR) is 50.3 cm³/mol. The van der Waals surface area contributed by atoms with Gasteiger partial charge in [0.1, 0.15) is 5.56 Å². The molecule has 6 heteroatoms. The minimum absolute atomic E-state index is 0.00940. The maximum atomic E-state index is 12.5. The van der Waals surface area contributed by atoms with Crippen LogP contribution >= 0.6 is 0 Å². The van der Waals surface area contributed by atoms with Gasteiger partial charge in [-0.05, 0) is 13.0 Å². The smallest absolute Gasteiger partial charge is 0.420 e. The maximum absolute atomic E-state index is 12.5. The van der Waals surface area contributed by atoms with E-state index >= 15 is 0 Å². The van der Waals surface area contributed by atoms with Gasteiger partial charge in [-0.1, -0.05) is 6.07 Å². The third-order valence-electron chi connectivity index (χ3n) is 2.12. The first-order valence-corrected chi connectivity index (χ1v) is 4.44. The van der Waals surface area contributed by atoms with E-state index in [9.17, 15) is 23.4 Å². The minimum atomic E-state index is -4.61. The van der Waals surface area contributed by atoms with Gasteiger partial charge in [0, 0.05) is 5.56 Å². The average Bonchev–Trinajstić information content (AvgIpc) is 2.15. The molecular weight excluding hydrogens is 225 g/mol. The molecule has 0 saturated carbocycles. The van der Waals surface area contributed by atoms with Crippen molar-refractivity contribution in [1.29, 1.82) is 0 Å². The first kappa shape index (κ1) is 12.6. The minimum Gasteiger partial charge on any atom is -0.504 e. The molecular formula is C10H11F3O3. The summed E-state index contributed by atoms with van der Waals surface area (Å²) < 4.78 is 42.0. The summed E-state index contributed by atoms with van der Waals surface area (Å²) in [5.74, 6) is -1.36. The molecule has 1 unspecified atom stereocenters. The van der Waals surface area contributed by atoms with Crippen molar-refractivity contribution < 1.29 is 28.1 Å². The number of aromatic hydroxyl groups is 1. The Kier molecular flexibility index (Phi) is 3.32. The zero-order valence-electron chi connectivity index (χ0n) is 8.67. The molecule has 0 aliphatic heterocycles. The van der Waals surface area contributed by atoms with Crippen LogP contribution in [0.5, 0.6) is 11.5 Å². The lowest BCUT2D eigenvalue weighted by atomic mass is 10.0. The molecule has 0 spiro atoms. The van der Waals surface area contributed by atoms with E-state index in [1.54, 1.807) is 0 Å². The molecule has 1 rings (SSSR count). The monoisotopic (exact) mass is 236 g/mol. The molecule has 0 fully saturated rings. The quantitative estimate of drug-likeness (QED) is 0.829. The number of methoxy groups -OCH3 is 1. The Balaban J connectivity index is 3.41. The van der Waals surface area contributed by atoms with Gasteiger partial charge in [-0.25, -0.2) is 0 Å². The zero-order valence-corrected chi connectivity index (χ0v) is 8.67. The lowest BCUT2D eigenvalue weighted by molar-refractivity contribution is -0.138. The number of ether oxygens (including phenoxy) is 1. The molecule has 16 heavy (non-hydrogen) atoms. The van der Waals surface area contributed by atoms with Crippen molar-refractivity contribution in [1.82, 2.24) is 0 Å². The Morgan fingerprint density at radius 2 is 1.88 bits per heavy atom. The number of benzene rings is 1. The number of rotatable bonds is 2. The third-order valence-corrected chi connectivity index (χ3v) is 2.12. The average molecular weight is 236 g/mol. The molecule has 3 nitrogen and oxygen atoms in total. The lowest BCUT2D eigenvalue weighted by Crippen LogP contribution is -2.08. The van der Waals surface area contributed by atoms with Crippen molar-refractivity contribution in [3.63, 3.8) is 0 Å². The number of aliphatic hydroxyl groups excluding tert-OH is 1. The second kappa shape index (κ2) is 4.21. The largest absolute Gasteiger partial charge is 0.504 e. The van der Waals surface area contributed by atoms with Gasteiger partial charge in [-0.3, -0.25) is 0 Å². The Hall–Kier alpha value is -1.43. The molecule has 0 radical (unpaired) electrons. The second-order valence-electron chi connectivity index (χ2n) is 3.26. The van der Waals surface area contributed by atoms with Crippen LogP contribution in [0.3, 0.4) is 0 Å². The van der Waals surface area contributed by atoms with E-state index in [2.05, 4.69) is 4.74 Å². The van der Waals surface area contributed by atoms with Crippen molar-refractivity contribution in [3.05, 3.63) is 23.3 Å². The van der Waals surface area contributed by atoms with Gasteiger partial charge in [0.25, 0.3) is 0 Å². The number of hydrogen-bond donors (Lipinski definition) is 2. The maximum Gasteiger partial charge on any atom is 0.420 e. The van der Waals surface area contributed by atoms with Gasteiger partial charge >= 0.3 is 6.18 Å². The summed E-state index contributed by atoms with van der Waals surface area (Å²) in [6.07, 6.45) is -5.68. The molecule has 0 aliphatic rings. The Morgan fingerprint density at radius 3 is 2.25 bits per heavy atom. The van der Waals surface area contributed by atoms with Crippen LogP contribution in [0.2, 0.25) is 0 Å². The summed E-state index contributed by atoms with van der Waals surface area (Å²) in [5, 5.41) is 18.7. The van der Waals surface area contributed by atoms with E-state index in [0.29, 0.717) is 0 Å². The summed E-state index contributed by atoms with van der Waals surface area (Å²) >= 11 is 0. The Morgan fingerprint density at radius 1 is 1.31 bits per heavy atom. The highest BCUT2D eigenvalue weighted by molar-refractivity contribution is 5.52. The molecule has 90 valence electrons. The van der Waals surface area contributed by atoms with Crippen molar-refractivity contribution in [2.45, 2.75) is 19.2 Å². The van der Waals surface area contributed by atoms with Gasteiger partial charge in [-0.2, -0.15) is 13.2 Å². The Labute approximate surface area is 90.1 Å². The molecule has 0 aliphatic carbocycles. The van der Waals surface area contributed by atoms with Crippen LogP contribution < -0.4 is 4.74 Å². The third kappa shape index (κ3) is 2.21. The van der Waals surface area contributed by atoms with E-state index < -0.39 is 29.3 Å². The summed E-state index contributed by atoms with van der Waals surface area (Å²) in [5.41, 5.74) is -1.08. The standard InChI is InChI=1S/C10H11F3O3/c1-5(14)6-3-4-7(10(11,12)13)9(16-2)8(6)15/h3-5,14-15H,1-2H3. The molecule has 0 amide bonds. The fourth-order valence-electron chi connectivity index (χ4n) is 1.35. The van der Waals surface area contributed by atoms with Crippen LogP contribution in [-0.2, 0) is 6.18 Å². The SMILES string of the molecule is COc1c(C(F)(F)F)ccc(C(C)O)c1O. The van der Waals surface area contributed by atoms with Crippen molar-refractivity contribution >= 4 is 0 Å². The van der Waals surface area contributed by atoms with Crippen LogP contribution in [0.15, 0.2) is 12.1 Å². The first-order valence-electron chi connectivity index (χ1n) is 4.44. The van der Waals surface area contributed by atoms with Crippen molar-refractivity contribution in [2.24, 2.45) is 0 Å². The zero-order chi connectivity index (χ0) is 12.5. The van der Waals surface area contributed by atoms with Gasteiger partial charge in [0.2, 0.25) is 0 Å². The molecule has 0 heterocycles. The van der Waals surface area contributed by atoms with Gasteiger partial charge in [0.15, 0.2) is 11.5 Å². The van der Waals surface area contributed by atoms with Crippen LogP contribution in [0, 0.1) is 0 Å². The van der Waals surface area contributed by atoms with Crippen LogP contribution in [0.25, 0.3) is 0 Å². The normalized spacial score (nSPS) is 13.6. The van der Waals surface area contributed by atoms with Gasteiger partial charge in [0.05, 0.1) is 13.2 Å². The van der Waals surface area contributed by atoms with Crippen LogP contribution in [0.1, 0.15) is 24.2 Å². The number of phenolic OH excluding ortho intramolecular Hbond substituents is 1. The predicted octanol–water partition coefficient (Wildman–Crippen LogP) is 2.47. The van der Waals surface area contributed by atoms with Crippen molar-refractivity contribution in [2.75, 3.05) is 7.11 Å². The highest BCUT2D eigenvalue weighted by atomic mass is 19.4. The molecule has 1 atom stereocenters. The fraction of sp³-hybridized carbons (Fsp3) is 0.400. The summed E-state index contributed by atoms with van der Waals surface area (Å²) in [7, 11) is 1.02. The number of halogens is 3. The summed E-state index contributed by atoms with van der Waals surface area (Å²) in [6, 6.07) is 1.78.